The standard InChI is InChI=1S/C48H30O/c1-3-12-31(13-4-1)33-22-24-34(25-23-33)45-38-16-7-9-18-40(38)46(41-19-10-8-17-39(41)45)42-20-11-21-44-47(42)43-29-27-36-30-35(32-14-5-2-6-15-32)26-28-37(36)48(43)49-44/h1-30H/i1D,2D,3D,4D,5D,6D,7D,8D,9D,10D,11D,12D,13D,14D,15D,16D,17D,18D,19D,20D,21D,26D,27D,28D,29D,30D. The maximum atomic E-state index is 9.59. The van der Waals surface area contributed by atoms with Crippen molar-refractivity contribution in [2.45, 2.75) is 0 Å². The summed E-state index contributed by atoms with van der Waals surface area (Å²) in [7, 11) is 0. The first kappa shape index (κ1) is 12.2. The number of hydrogen-bond acceptors (Lipinski definition) is 1. The van der Waals surface area contributed by atoms with Crippen molar-refractivity contribution in [1.82, 2.24) is 0 Å². The lowest BCUT2D eigenvalue weighted by Gasteiger charge is -2.18. The summed E-state index contributed by atoms with van der Waals surface area (Å²) in [5.74, 6) is 0. The Labute approximate surface area is 320 Å². The van der Waals surface area contributed by atoms with Crippen LogP contribution in [0.5, 0.6) is 0 Å². The molecule has 0 atom stereocenters. The van der Waals surface area contributed by atoms with Crippen LogP contribution in [0.25, 0.3) is 98.8 Å². The minimum Gasteiger partial charge on any atom is -0.455 e. The van der Waals surface area contributed by atoms with Gasteiger partial charge in [0.05, 0.1) is 35.6 Å². The monoisotopic (exact) mass is 648 g/mol. The lowest BCUT2D eigenvalue weighted by Crippen LogP contribution is -1.91. The third-order valence-electron chi connectivity index (χ3n) is 8.21. The molecule has 1 heterocycles. The zero-order chi connectivity index (χ0) is 54.9. The van der Waals surface area contributed by atoms with Gasteiger partial charge in [0.1, 0.15) is 11.2 Å². The van der Waals surface area contributed by atoms with E-state index in [2.05, 4.69) is 0 Å². The summed E-state index contributed by atoms with van der Waals surface area (Å²) in [4.78, 5) is 0. The maximum Gasteiger partial charge on any atom is 0.143 e. The molecule has 228 valence electrons. The quantitative estimate of drug-likeness (QED) is 0.173. The van der Waals surface area contributed by atoms with Crippen molar-refractivity contribution in [1.29, 1.82) is 0 Å². The van der Waals surface area contributed by atoms with Crippen LogP contribution < -0.4 is 0 Å². The summed E-state index contributed by atoms with van der Waals surface area (Å²) in [6.45, 7) is 0. The molecular formula is C48H30O. The molecule has 49 heavy (non-hydrogen) atoms. The van der Waals surface area contributed by atoms with Crippen LogP contribution in [0.1, 0.15) is 35.6 Å². The molecule has 1 heteroatoms. The number of hydrogen-bond donors (Lipinski definition) is 0. The number of furan rings is 1. The second kappa shape index (κ2) is 11.1. The van der Waals surface area contributed by atoms with Gasteiger partial charge in [0.25, 0.3) is 0 Å². The first-order chi connectivity index (χ1) is 35.1. The molecule has 0 unspecified atom stereocenters. The Balaban J connectivity index is 1.42. The Morgan fingerprint density at radius 3 is 1.57 bits per heavy atom. The van der Waals surface area contributed by atoms with Gasteiger partial charge in [-0.3, -0.25) is 0 Å². The van der Waals surface area contributed by atoms with Crippen LogP contribution in [-0.4, -0.2) is 0 Å². The third kappa shape index (κ3) is 4.40. The molecule has 0 N–H and O–H groups in total. The van der Waals surface area contributed by atoms with E-state index in [-0.39, 0.29) is 22.3 Å². The van der Waals surface area contributed by atoms with Gasteiger partial charge in [-0.15, -0.1) is 0 Å². The van der Waals surface area contributed by atoms with Crippen molar-refractivity contribution < 1.29 is 40.1 Å². The fraction of sp³-hybridized carbons (Fsp3) is 0. The Kier molecular flexibility index (Phi) is 2.76. The van der Waals surface area contributed by atoms with Crippen molar-refractivity contribution in [3.63, 3.8) is 0 Å². The highest BCUT2D eigenvalue weighted by Gasteiger charge is 2.21. The summed E-state index contributed by atoms with van der Waals surface area (Å²) in [6.07, 6.45) is 0. The normalized spacial score (nSPS) is 19.1. The van der Waals surface area contributed by atoms with Gasteiger partial charge in [-0.2, -0.15) is 0 Å². The molecule has 9 aromatic carbocycles. The Bertz CT molecular complexity index is 4210. The fourth-order valence-corrected chi connectivity index (χ4v) is 6.11. The van der Waals surface area contributed by atoms with E-state index in [1.165, 1.54) is 24.3 Å². The van der Waals surface area contributed by atoms with Crippen LogP contribution >= 0.6 is 0 Å². The van der Waals surface area contributed by atoms with Crippen LogP contribution in [-0.2, 0) is 0 Å². The predicted molar refractivity (Wildman–Crippen MR) is 208 cm³/mol. The topological polar surface area (TPSA) is 13.1 Å². The second-order valence-corrected chi connectivity index (χ2v) is 10.8. The van der Waals surface area contributed by atoms with E-state index < -0.39 is 234 Å². The van der Waals surface area contributed by atoms with Gasteiger partial charge in [-0.1, -0.05) is 157 Å². The first-order valence-electron chi connectivity index (χ1n) is 27.7. The maximum absolute atomic E-state index is 9.59. The summed E-state index contributed by atoms with van der Waals surface area (Å²) in [6, 6.07) is -14.9. The summed E-state index contributed by atoms with van der Waals surface area (Å²) < 4.78 is 237. The van der Waals surface area contributed by atoms with Gasteiger partial charge in [0.15, 0.2) is 0 Å². The average Bonchev–Trinajstić information content (AvgIpc) is 3.79. The lowest BCUT2D eigenvalue weighted by atomic mass is 9.84. The summed E-state index contributed by atoms with van der Waals surface area (Å²) in [5.41, 5.74) is -3.83. The van der Waals surface area contributed by atoms with Gasteiger partial charge in [0, 0.05) is 16.2 Å². The van der Waals surface area contributed by atoms with Crippen molar-refractivity contribution in [2.75, 3.05) is 0 Å². The van der Waals surface area contributed by atoms with Crippen molar-refractivity contribution >= 4 is 54.3 Å². The SMILES string of the molecule is [2H]c1c([2H])c([2H])c(-c2ccc(-c3c4c([2H])c([2H])c([2H])c([2H])c4c(-c4c([2H])c([2H])c([2H])c5oc6c7c([2H])c([2H])c(-c8c([2H])c([2H])c([2H])c([2H])c8[2H])c([2H])c7c([2H])c([2H])c6c45)c4c([2H])c([2H])c([2H])c([2H])c34)cc2)c([2H])c1[2H]. The molecule has 0 fully saturated rings. The number of rotatable bonds is 4. The third-order valence-corrected chi connectivity index (χ3v) is 8.21. The zero-order valence-corrected chi connectivity index (χ0v) is 24.7. The molecule has 0 saturated carbocycles. The van der Waals surface area contributed by atoms with E-state index >= 15 is 0 Å². The van der Waals surface area contributed by atoms with E-state index in [4.69, 9.17) is 27.7 Å². The van der Waals surface area contributed by atoms with Crippen LogP contribution in [0.3, 0.4) is 0 Å². The van der Waals surface area contributed by atoms with Crippen molar-refractivity contribution in [3.05, 3.63) is 181 Å². The highest BCUT2D eigenvalue weighted by Crippen LogP contribution is 2.47. The molecule has 10 rings (SSSR count). The van der Waals surface area contributed by atoms with Gasteiger partial charge in [-0.25, -0.2) is 0 Å². The molecule has 0 aliphatic rings. The fourth-order valence-electron chi connectivity index (χ4n) is 6.11. The van der Waals surface area contributed by atoms with Crippen molar-refractivity contribution in [3.8, 4) is 44.5 Å². The minimum absolute atomic E-state index is 0.0394. The molecule has 0 amide bonds. The molecule has 0 bridgehead atoms. The summed E-state index contributed by atoms with van der Waals surface area (Å²) in [5, 5.41) is -3.81. The Morgan fingerprint density at radius 1 is 0.367 bits per heavy atom. The summed E-state index contributed by atoms with van der Waals surface area (Å²) >= 11 is 0. The van der Waals surface area contributed by atoms with Gasteiger partial charge in [-0.05, 0) is 95.6 Å². The Hall–Kier alpha value is -6.44. The molecule has 0 radical (unpaired) electrons. The molecule has 0 spiro atoms. The highest BCUT2D eigenvalue weighted by molar-refractivity contribution is 6.27. The first-order valence-corrected chi connectivity index (χ1v) is 14.7. The smallest absolute Gasteiger partial charge is 0.143 e. The van der Waals surface area contributed by atoms with E-state index in [0.717, 1.165) is 0 Å². The number of fused-ring (bicyclic) bond motifs is 7. The molecular weight excluding hydrogens is 593 g/mol. The molecule has 0 aliphatic heterocycles. The van der Waals surface area contributed by atoms with Gasteiger partial charge in [0.2, 0.25) is 0 Å². The average molecular weight is 649 g/mol. The Morgan fingerprint density at radius 2 is 0.918 bits per heavy atom. The molecule has 1 nitrogen and oxygen atoms in total. The molecule has 10 aromatic rings. The van der Waals surface area contributed by atoms with E-state index in [1.54, 1.807) is 0 Å². The van der Waals surface area contributed by atoms with Crippen LogP contribution in [0.15, 0.2) is 186 Å². The van der Waals surface area contributed by atoms with E-state index in [0.29, 0.717) is 0 Å². The molecule has 1 aromatic heterocycles. The largest absolute Gasteiger partial charge is 0.455 e. The molecule has 0 aliphatic carbocycles. The van der Waals surface area contributed by atoms with Crippen LogP contribution in [0, 0.1) is 0 Å². The van der Waals surface area contributed by atoms with E-state index in [1.807, 2.05) is 0 Å². The zero-order valence-electron chi connectivity index (χ0n) is 50.7. The molecule has 0 saturated heterocycles. The lowest BCUT2D eigenvalue weighted by molar-refractivity contribution is 0.673. The highest BCUT2D eigenvalue weighted by atomic mass is 16.3. The van der Waals surface area contributed by atoms with Crippen LogP contribution in [0.2, 0.25) is 0 Å². The minimum atomic E-state index is -0.897. The van der Waals surface area contributed by atoms with Gasteiger partial charge < -0.3 is 4.42 Å². The van der Waals surface area contributed by atoms with Gasteiger partial charge >= 0.3 is 0 Å². The predicted octanol–water partition coefficient (Wildman–Crippen LogP) is 13.7. The van der Waals surface area contributed by atoms with E-state index in [9.17, 15) is 12.3 Å². The number of benzene rings is 9. The van der Waals surface area contributed by atoms with Crippen molar-refractivity contribution in [2.24, 2.45) is 0 Å². The van der Waals surface area contributed by atoms with Crippen LogP contribution in [0.4, 0.5) is 0 Å². The second-order valence-electron chi connectivity index (χ2n) is 10.8.